The van der Waals surface area contributed by atoms with E-state index in [1.165, 1.54) is 7.11 Å². The summed E-state index contributed by atoms with van der Waals surface area (Å²) in [7, 11) is 1.49. The zero-order valence-electron chi connectivity index (χ0n) is 11.7. The van der Waals surface area contributed by atoms with Gasteiger partial charge in [-0.1, -0.05) is 13.0 Å². The Balaban J connectivity index is 2.78. The van der Waals surface area contributed by atoms with Crippen molar-refractivity contribution in [3.63, 3.8) is 0 Å². The molecule has 104 valence electrons. The van der Waals surface area contributed by atoms with E-state index >= 15 is 0 Å². The molecule has 0 heterocycles. The van der Waals surface area contributed by atoms with Crippen LogP contribution in [0, 0.1) is 0 Å². The number of amides is 1. The highest BCUT2D eigenvalue weighted by Crippen LogP contribution is 2.26. The highest BCUT2D eigenvalue weighted by molar-refractivity contribution is 5.91. The topological polar surface area (TPSA) is 49.8 Å². The number of nitrogens with zero attached hydrogens (tertiary/aromatic N) is 1. The lowest BCUT2D eigenvalue weighted by atomic mass is 10.2. The normalized spacial score (nSPS) is 10.7. The zero-order valence-corrected chi connectivity index (χ0v) is 11.7. The number of ether oxygens (including phenoxy) is 1. The van der Waals surface area contributed by atoms with Crippen LogP contribution in [0.3, 0.4) is 0 Å². The summed E-state index contributed by atoms with van der Waals surface area (Å²) in [4.78, 5) is 13.7. The van der Waals surface area contributed by atoms with Gasteiger partial charge < -0.3 is 14.7 Å². The first kappa shape index (κ1) is 15.1. The highest BCUT2D eigenvalue weighted by Gasteiger charge is 2.06. The average molecular weight is 263 g/mol. The van der Waals surface area contributed by atoms with Gasteiger partial charge in [-0.2, -0.15) is 0 Å². The second kappa shape index (κ2) is 7.46. The van der Waals surface area contributed by atoms with Gasteiger partial charge in [-0.05, 0) is 37.1 Å². The molecule has 0 aromatic heterocycles. The number of hydrogen-bond donors (Lipinski definition) is 1. The Morgan fingerprint density at radius 2 is 2.16 bits per heavy atom. The predicted octanol–water partition coefficient (Wildman–Crippen LogP) is 2.67. The lowest BCUT2D eigenvalue weighted by molar-refractivity contribution is -0.125. The molecule has 4 nitrogen and oxygen atoms in total. The Bertz CT molecular complexity index is 455. The van der Waals surface area contributed by atoms with Crippen molar-refractivity contribution in [2.45, 2.75) is 20.3 Å². The molecule has 0 saturated carbocycles. The van der Waals surface area contributed by atoms with E-state index in [0.717, 1.165) is 18.5 Å². The van der Waals surface area contributed by atoms with Crippen LogP contribution in [0.5, 0.6) is 11.5 Å². The van der Waals surface area contributed by atoms with E-state index in [0.29, 0.717) is 12.3 Å². The van der Waals surface area contributed by atoms with Crippen molar-refractivity contribution in [1.82, 2.24) is 4.90 Å². The molecule has 0 fully saturated rings. The van der Waals surface area contributed by atoms with Crippen molar-refractivity contribution in [3.05, 3.63) is 29.8 Å². The van der Waals surface area contributed by atoms with E-state index in [-0.39, 0.29) is 11.7 Å². The number of methoxy groups -OCH3 is 1. The number of likely N-dealkylation sites (N-methyl/N-ethyl adjacent to an activating group) is 1. The lowest BCUT2D eigenvalue weighted by Gasteiger charge is -2.17. The smallest absolute Gasteiger partial charge is 0.246 e. The van der Waals surface area contributed by atoms with Gasteiger partial charge in [0.25, 0.3) is 0 Å². The second-order valence-corrected chi connectivity index (χ2v) is 4.18. The summed E-state index contributed by atoms with van der Waals surface area (Å²) < 4.78 is 5.02. The number of hydrogen-bond acceptors (Lipinski definition) is 3. The zero-order chi connectivity index (χ0) is 14.3. The van der Waals surface area contributed by atoms with E-state index < -0.39 is 0 Å². The third-order valence-corrected chi connectivity index (χ3v) is 2.81. The van der Waals surface area contributed by atoms with Crippen molar-refractivity contribution < 1.29 is 14.6 Å². The van der Waals surface area contributed by atoms with Gasteiger partial charge in [0.05, 0.1) is 7.11 Å². The van der Waals surface area contributed by atoms with Crippen LogP contribution < -0.4 is 4.74 Å². The number of rotatable bonds is 6. The first-order chi connectivity index (χ1) is 9.12. The number of aromatic hydroxyl groups is 1. The Hall–Kier alpha value is -1.97. The van der Waals surface area contributed by atoms with Crippen LogP contribution in [-0.4, -0.2) is 36.1 Å². The van der Waals surface area contributed by atoms with Crippen molar-refractivity contribution >= 4 is 12.0 Å². The number of phenolic OH excluding ortho intramolecular Hbond substituents is 1. The fraction of sp³-hybridized carbons (Fsp3) is 0.400. The van der Waals surface area contributed by atoms with Crippen LogP contribution in [0.15, 0.2) is 24.3 Å². The summed E-state index contributed by atoms with van der Waals surface area (Å²) >= 11 is 0. The van der Waals surface area contributed by atoms with E-state index in [1.54, 1.807) is 35.3 Å². The molecule has 19 heavy (non-hydrogen) atoms. The van der Waals surface area contributed by atoms with Crippen LogP contribution in [0.4, 0.5) is 0 Å². The first-order valence-corrected chi connectivity index (χ1v) is 6.46. The molecule has 1 aromatic rings. The molecule has 1 amide bonds. The Kier molecular flexibility index (Phi) is 5.93. The molecule has 0 unspecified atom stereocenters. The summed E-state index contributed by atoms with van der Waals surface area (Å²) in [5.74, 6) is 0.485. The van der Waals surface area contributed by atoms with Crippen molar-refractivity contribution in [3.8, 4) is 11.5 Å². The third kappa shape index (κ3) is 4.32. The van der Waals surface area contributed by atoms with Gasteiger partial charge in [-0.15, -0.1) is 0 Å². The molecule has 0 radical (unpaired) electrons. The largest absolute Gasteiger partial charge is 0.504 e. The molecule has 0 aliphatic heterocycles. The van der Waals surface area contributed by atoms with Gasteiger partial charge in [-0.3, -0.25) is 4.79 Å². The summed E-state index contributed by atoms with van der Waals surface area (Å²) in [6.07, 6.45) is 4.22. The van der Waals surface area contributed by atoms with Crippen molar-refractivity contribution in [1.29, 1.82) is 0 Å². The van der Waals surface area contributed by atoms with Crippen LogP contribution in [0.2, 0.25) is 0 Å². The molecule has 0 bridgehead atoms. The van der Waals surface area contributed by atoms with E-state index in [2.05, 4.69) is 0 Å². The standard InChI is InChI=1S/C15H21NO3/c1-4-10-16(5-2)15(18)9-7-12-6-8-13(17)14(11-12)19-3/h6-9,11,17H,4-5,10H2,1-3H3/b9-7+. The van der Waals surface area contributed by atoms with Gasteiger partial charge in [0.15, 0.2) is 11.5 Å². The molecule has 1 aromatic carbocycles. The Morgan fingerprint density at radius 3 is 2.74 bits per heavy atom. The maximum atomic E-state index is 11.9. The SMILES string of the molecule is CCCN(CC)C(=O)/C=C/c1ccc(O)c(OC)c1. The van der Waals surface area contributed by atoms with Gasteiger partial charge in [0.1, 0.15) is 0 Å². The molecule has 1 N–H and O–H groups in total. The Morgan fingerprint density at radius 1 is 1.42 bits per heavy atom. The summed E-state index contributed by atoms with van der Waals surface area (Å²) in [6, 6.07) is 4.97. The fourth-order valence-corrected chi connectivity index (χ4v) is 1.76. The maximum Gasteiger partial charge on any atom is 0.246 e. The van der Waals surface area contributed by atoms with Gasteiger partial charge in [0.2, 0.25) is 5.91 Å². The Labute approximate surface area is 114 Å². The van der Waals surface area contributed by atoms with E-state index in [9.17, 15) is 9.90 Å². The molecule has 4 heteroatoms. The minimum Gasteiger partial charge on any atom is -0.504 e. The third-order valence-electron chi connectivity index (χ3n) is 2.81. The minimum atomic E-state index is -0.00334. The molecule has 0 saturated heterocycles. The molecule has 0 spiro atoms. The highest BCUT2D eigenvalue weighted by atomic mass is 16.5. The first-order valence-electron chi connectivity index (χ1n) is 6.46. The van der Waals surface area contributed by atoms with E-state index in [4.69, 9.17) is 4.74 Å². The number of phenols is 1. The molecule has 0 aliphatic rings. The molecular weight excluding hydrogens is 242 g/mol. The van der Waals surface area contributed by atoms with Crippen LogP contribution in [-0.2, 0) is 4.79 Å². The molecule has 1 rings (SSSR count). The number of benzene rings is 1. The minimum absolute atomic E-state index is 0.00334. The fourth-order valence-electron chi connectivity index (χ4n) is 1.76. The van der Waals surface area contributed by atoms with Crippen molar-refractivity contribution in [2.24, 2.45) is 0 Å². The summed E-state index contributed by atoms with van der Waals surface area (Å²) in [5.41, 5.74) is 0.815. The average Bonchev–Trinajstić information content (AvgIpc) is 2.43. The van der Waals surface area contributed by atoms with Crippen LogP contribution >= 0.6 is 0 Å². The van der Waals surface area contributed by atoms with Crippen LogP contribution in [0.25, 0.3) is 6.08 Å². The molecule has 0 aliphatic carbocycles. The van der Waals surface area contributed by atoms with Crippen LogP contribution in [0.1, 0.15) is 25.8 Å². The quantitative estimate of drug-likeness (QED) is 0.803. The molecular formula is C15H21NO3. The summed E-state index contributed by atoms with van der Waals surface area (Å²) in [6.45, 7) is 5.48. The van der Waals surface area contributed by atoms with Crippen molar-refractivity contribution in [2.75, 3.05) is 20.2 Å². The second-order valence-electron chi connectivity index (χ2n) is 4.18. The van der Waals surface area contributed by atoms with Gasteiger partial charge >= 0.3 is 0 Å². The van der Waals surface area contributed by atoms with Gasteiger partial charge in [0, 0.05) is 19.2 Å². The molecule has 0 atom stereocenters. The van der Waals surface area contributed by atoms with E-state index in [1.807, 2.05) is 13.8 Å². The lowest BCUT2D eigenvalue weighted by Crippen LogP contribution is -2.29. The summed E-state index contributed by atoms with van der Waals surface area (Å²) in [5, 5.41) is 9.48. The number of carbonyl (C=O) groups excluding carboxylic acids is 1. The predicted molar refractivity (Wildman–Crippen MR) is 76.2 cm³/mol. The monoisotopic (exact) mass is 263 g/mol. The number of carbonyl (C=O) groups is 1. The maximum absolute atomic E-state index is 11.9. The van der Waals surface area contributed by atoms with Gasteiger partial charge in [-0.25, -0.2) is 0 Å².